The highest BCUT2D eigenvalue weighted by Crippen LogP contribution is 2.30. The van der Waals surface area contributed by atoms with E-state index in [1.807, 2.05) is 6.92 Å². The minimum absolute atomic E-state index is 0.178. The first kappa shape index (κ1) is 14.5. The fraction of sp³-hybridized carbons (Fsp3) is 0.625. The van der Waals surface area contributed by atoms with Crippen LogP contribution in [0.4, 0.5) is 0 Å². The Morgan fingerprint density at radius 2 is 2.00 bits per heavy atom. The molecule has 4 atom stereocenters. The number of hydrogen-bond acceptors (Lipinski definition) is 3. The van der Waals surface area contributed by atoms with Crippen molar-refractivity contribution in [2.24, 2.45) is 0 Å². The van der Waals surface area contributed by atoms with Gasteiger partial charge >= 0.3 is 0 Å². The number of hydrogen-bond donors (Lipinski definition) is 1. The van der Waals surface area contributed by atoms with Crippen LogP contribution in [0, 0.1) is 0 Å². The lowest BCUT2D eigenvalue weighted by Gasteiger charge is -2.45. The van der Waals surface area contributed by atoms with E-state index in [9.17, 15) is 0 Å². The van der Waals surface area contributed by atoms with Gasteiger partial charge in [0.2, 0.25) is 0 Å². The summed E-state index contributed by atoms with van der Waals surface area (Å²) in [5, 5.41) is 3.70. The van der Waals surface area contributed by atoms with E-state index in [1.165, 1.54) is 5.56 Å². The van der Waals surface area contributed by atoms with Crippen molar-refractivity contribution in [2.75, 3.05) is 13.7 Å². The van der Waals surface area contributed by atoms with Crippen molar-refractivity contribution in [3.63, 3.8) is 0 Å². The average Bonchev–Trinajstić information content (AvgIpc) is 2.43. The van der Waals surface area contributed by atoms with Gasteiger partial charge < -0.3 is 14.8 Å². The molecule has 1 fully saturated rings. The van der Waals surface area contributed by atoms with E-state index >= 15 is 0 Å². The van der Waals surface area contributed by atoms with Crippen LogP contribution in [0.2, 0.25) is 0 Å². The summed E-state index contributed by atoms with van der Waals surface area (Å²) in [7, 11) is 1.77. The van der Waals surface area contributed by atoms with Gasteiger partial charge in [0.1, 0.15) is 0 Å². The van der Waals surface area contributed by atoms with Crippen molar-refractivity contribution < 1.29 is 9.47 Å². The van der Waals surface area contributed by atoms with Crippen LogP contribution < -0.4 is 5.32 Å². The molecule has 0 amide bonds. The zero-order valence-corrected chi connectivity index (χ0v) is 12.1. The first-order valence-electron chi connectivity index (χ1n) is 7.25. The maximum Gasteiger partial charge on any atom is 0.0987 e. The molecular weight excluding hydrogens is 238 g/mol. The summed E-state index contributed by atoms with van der Waals surface area (Å²) >= 11 is 0. The van der Waals surface area contributed by atoms with E-state index in [0.717, 1.165) is 19.4 Å². The van der Waals surface area contributed by atoms with Gasteiger partial charge in [-0.15, -0.1) is 0 Å². The van der Waals surface area contributed by atoms with Gasteiger partial charge in [0.05, 0.1) is 12.2 Å². The molecule has 0 heterocycles. The van der Waals surface area contributed by atoms with Gasteiger partial charge in [-0.25, -0.2) is 0 Å². The minimum atomic E-state index is 0.178. The molecule has 0 radical (unpaired) electrons. The number of benzene rings is 1. The summed E-state index contributed by atoms with van der Waals surface area (Å²) in [6.45, 7) is 5.00. The molecule has 0 saturated heterocycles. The molecule has 19 heavy (non-hydrogen) atoms. The molecule has 3 heteroatoms. The lowest BCUT2D eigenvalue weighted by atomic mass is 9.84. The number of methoxy groups -OCH3 is 1. The summed E-state index contributed by atoms with van der Waals surface area (Å²) in [6, 6.07) is 11.4. The lowest BCUT2D eigenvalue weighted by Crippen LogP contribution is -2.60. The van der Waals surface area contributed by atoms with Crippen LogP contribution in [-0.4, -0.2) is 32.0 Å². The maximum absolute atomic E-state index is 5.67. The molecule has 4 unspecified atom stereocenters. The van der Waals surface area contributed by atoms with Crippen LogP contribution in [-0.2, 0) is 9.47 Å². The molecular formula is C16H25NO2. The summed E-state index contributed by atoms with van der Waals surface area (Å²) in [4.78, 5) is 0. The van der Waals surface area contributed by atoms with E-state index in [1.54, 1.807) is 7.11 Å². The molecule has 1 aliphatic rings. The van der Waals surface area contributed by atoms with Gasteiger partial charge in [-0.05, 0) is 25.3 Å². The molecule has 1 aliphatic carbocycles. The third-order valence-corrected chi connectivity index (χ3v) is 3.93. The standard InChI is InChI=1S/C16H25NO2/c1-4-13(12-9-7-6-8-10-12)17-14-11-15(19-5-2)16(14)18-3/h6-10,13-17H,4-5,11H2,1-3H3. The highest BCUT2D eigenvalue weighted by atomic mass is 16.5. The predicted molar refractivity (Wildman–Crippen MR) is 77.2 cm³/mol. The number of rotatable bonds is 7. The molecule has 106 valence electrons. The van der Waals surface area contributed by atoms with Crippen molar-refractivity contribution in [1.82, 2.24) is 5.32 Å². The van der Waals surface area contributed by atoms with Crippen LogP contribution in [0.15, 0.2) is 30.3 Å². The molecule has 3 nitrogen and oxygen atoms in total. The van der Waals surface area contributed by atoms with Crippen molar-refractivity contribution in [2.45, 2.75) is 51.0 Å². The molecule has 0 spiro atoms. The van der Waals surface area contributed by atoms with Crippen molar-refractivity contribution in [3.8, 4) is 0 Å². The van der Waals surface area contributed by atoms with Crippen LogP contribution >= 0.6 is 0 Å². The van der Waals surface area contributed by atoms with Crippen LogP contribution in [0.5, 0.6) is 0 Å². The monoisotopic (exact) mass is 263 g/mol. The Kier molecular flexibility index (Phi) is 5.37. The summed E-state index contributed by atoms with van der Waals surface area (Å²) < 4.78 is 11.2. The summed E-state index contributed by atoms with van der Waals surface area (Å²) in [5.41, 5.74) is 1.35. The molecule has 0 aromatic heterocycles. The molecule has 1 saturated carbocycles. The van der Waals surface area contributed by atoms with Crippen molar-refractivity contribution >= 4 is 0 Å². The molecule has 0 bridgehead atoms. The smallest absolute Gasteiger partial charge is 0.0987 e. The Bertz CT molecular complexity index is 368. The molecule has 1 aromatic rings. The van der Waals surface area contributed by atoms with Crippen LogP contribution in [0.3, 0.4) is 0 Å². The third-order valence-electron chi connectivity index (χ3n) is 3.93. The zero-order chi connectivity index (χ0) is 13.7. The van der Waals surface area contributed by atoms with Gasteiger partial charge in [-0.1, -0.05) is 37.3 Å². The SMILES string of the molecule is CCOC1CC(NC(CC)c2ccccc2)C1OC. The van der Waals surface area contributed by atoms with Gasteiger partial charge in [-0.2, -0.15) is 0 Å². The Morgan fingerprint density at radius 1 is 1.26 bits per heavy atom. The third kappa shape index (κ3) is 3.35. The van der Waals surface area contributed by atoms with E-state index in [-0.39, 0.29) is 12.2 Å². The van der Waals surface area contributed by atoms with Crippen molar-refractivity contribution in [3.05, 3.63) is 35.9 Å². The second-order valence-electron chi connectivity index (χ2n) is 5.07. The Balaban J connectivity index is 1.93. The Morgan fingerprint density at radius 3 is 2.58 bits per heavy atom. The lowest BCUT2D eigenvalue weighted by molar-refractivity contribution is -0.133. The van der Waals surface area contributed by atoms with Crippen molar-refractivity contribution in [1.29, 1.82) is 0 Å². The van der Waals surface area contributed by atoms with E-state index in [2.05, 4.69) is 42.6 Å². The van der Waals surface area contributed by atoms with Gasteiger partial charge in [-0.3, -0.25) is 0 Å². The molecule has 2 rings (SSSR count). The normalized spacial score (nSPS) is 27.8. The fourth-order valence-corrected chi connectivity index (χ4v) is 2.83. The second-order valence-corrected chi connectivity index (χ2v) is 5.07. The van der Waals surface area contributed by atoms with Gasteiger partial charge in [0.15, 0.2) is 0 Å². The molecule has 1 N–H and O–H groups in total. The highest BCUT2D eigenvalue weighted by Gasteiger charge is 2.42. The quantitative estimate of drug-likeness (QED) is 0.820. The number of ether oxygens (including phenoxy) is 2. The second kappa shape index (κ2) is 7.04. The maximum atomic E-state index is 5.67. The summed E-state index contributed by atoms with van der Waals surface area (Å²) in [6.07, 6.45) is 2.55. The Hall–Kier alpha value is -0.900. The van der Waals surface area contributed by atoms with E-state index < -0.39 is 0 Å². The first-order valence-corrected chi connectivity index (χ1v) is 7.25. The van der Waals surface area contributed by atoms with Crippen LogP contribution in [0.25, 0.3) is 0 Å². The molecule has 1 aromatic carbocycles. The zero-order valence-electron chi connectivity index (χ0n) is 12.1. The largest absolute Gasteiger partial charge is 0.377 e. The van der Waals surface area contributed by atoms with E-state index in [0.29, 0.717) is 12.1 Å². The summed E-state index contributed by atoms with van der Waals surface area (Å²) in [5.74, 6) is 0. The predicted octanol–water partition coefficient (Wildman–Crippen LogP) is 2.92. The molecule has 0 aliphatic heterocycles. The van der Waals surface area contributed by atoms with Gasteiger partial charge in [0.25, 0.3) is 0 Å². The van der Waals surface area contributed by atoms with E-state index in [4.69, 9.17) is 9.47 Å². The highest BCUT2D eigenvalue weighted by molar-refractivity contribution is 5.19. The Labute approximate surface area is 116 Å². The fourth-order valence-electron chi connectivity index (χ4n) is 2.83. The number of nitrogens with one attached hydrogen (secondary N) is 1. The minimum Gasteiger partial charge on any atom is -0.377 e. The average molecular weight is 263 g/mol. The van der Waals surface area contributed by atoms with Crippen LogP contribution in [0.1, 0.15) is 38.3 Å². The topological polar surface area (TPSA) is 30.5 Å². The first-order chi connectivity index (χ1) is 9.30. The van der Waals surface area contributed by atoms with Gasteiger partial charge in [0, 0.05) is 25.8 Å².